The Morgan fingerprint density at radius 3 is 2.64 bits per heavy atom. The molecule has 2 heterocycles. The van der Waals surface area contributed by atoms with Crippen molar-refractivity contribution in [3.63, 3.8) is 0 Å². The standard InChI is InChI=1S/C9H7Cl2N3/c1-6-5-14(13-9(6)11)8-2-7(10)3-12-4-8/h2-5H,1H3. The number of hydrogen-bond donors (Lipinski definition) is 0. The Hall–Kier alpha value is -1.06. The van der Waals surface area contributed by atoms with Crippen LogP contribution in [0.3, 0.4) is 0 Å². The van der Waals surface area contributed by atoms with Crippen molar-refractivity contribution in [3.8, 4) is 5.69 Å². The van der Waals surface area contributed by atoms with E-state index in [-0.39, 0.29) is 0 Å². The largest absolute Gasteiger partial charge is 0.261 e. The minimum Gasteiger partial charge on any atom is -0.261 e. The van der Waals surface area contributed by atoms with Gasteiger partial charge in [0, 0.05) is 18.0 Å². The van der Waals surface area contributed by atoms with Crippen molar-refractivity contribution in [1.29, 1.82) is 0 Å². The Labute approximate surface area is 91.3 Å². The number of rotatable bonds is 1. The first-order valence-electron chi connectivity index (χ1n) is 3.99. The van der Waals surface area contributed by atoms with Gasteiger partial charge in [0.1, 0.15) is 0 Å². The summed E-state index contributed by atoms with van der Waals surface area (Å²) in [5, 5.41) is 5.17. The van der Waals surface area contributed by atoms with Crippen LogP contribution in [-0.2, 0) is 0 Å². The smallest absolute Gasteiger partial charge is 0.154 e. The van der Waals surface area contributed by atoms with Gasteiger partial charge in [-0.25, -0.2) is 4.68 Å². The summed E-state index contributed by atoms with van der Waals surface area (Å²) >= 11 is 11.6. The van der Waals surface area contributed by atoms with Crippen LogP contribution in [-0.4, -0.2) is 14.8 Å². The molecule has 0 saturated carbocycles. The molecular weight excluding hydrogens is 221 g/mol. The average molecular weight is 228 g/mol. The van der Waals surface area contributed by atoms with E-state index >= 15 is 0 Å². The quantitative estimate of drug-likeness (QED) is 0.751. The normalized spacial score (nSPS) is 10.5. The monoisotopic (exact) mass is 227 g/mol. The summed E-state index contributed by atoms with van der Waals surface area (Å²) in [6.07, 6.45) is 5.08. The van der Waals surface area contributed by atoms with Crippen LogP contribution in [0.25, 0.3) is 5.69 Å². The van der Waals surface area contributed by atoms with Gasteiger partial charge in [-0.3, -0.25) is 4.98 Å². The van der Waals surface area contributed by atoms with Crippen LogP contribution in [0.5, 0.6) is 0 Å². The molecule has 0 saturated heterocycles. The van der Waals surface area contributed by atoms with Crippen molar-refractivity contribution in [2.24, 2.45) is 0 Å². The molecule has 3 nitrogen and oxygen atoms in total. The lowest BCUT2D eigenvalue weighted by atomic mass is 10.4. The highest BCUT2D eigenvalue weighted by atomic mass is 35.5. The number of halogens is 2. The second-order valence-electron chi connectivity index (χ2n) is 2.91. The van der Waals surface area contributed by atoms with Gasteiger partial charge in [-0.1, -0.05) is 23.2 Å². The van der Waals surface area contributed by atoms with E-state index in [9.17, 15) is 0 Å². The number of pyridine rings is 1. The van der Waals surface area contributed by atoms with Crippen molar-refractivity contribution >= 4 is 23.2 Å². The average Bonchev–Trinajstić information content (AvgIpc) is 2.47. The van der Waals surface area contributed by atoms with Gasteiger partial charge in [-0.2, -0.15) is 5.10 Å². The molecular formula is C9H7Cl2N3. The lowest BCUT2D eigenvalue weighted by molar-refractivity contribution is 0.874. The highest BCUT2D eigenvalue weighted by molar-refractivity contribution is 6.30. The van der Waals surface area contributed by atoms with Gasteiger partial charge in [0.05, 0.1) is 16.9 Å². The fourth-order valence-corrected chi connectivity index (χ4v) is 1.40. The molecule has 14 heavy (non-hydrogen) atoms. The summed E-state index contributed by atoms with van der Waals surface area (Å²) in [6, 6.07) is 1.78. The van der Waals surface area contributed by atoms with E-state index in [1.165, 1.54) is 0 Å². The highest BCUT2D eigenvalue weighted by Gasteiger charge is 2.04. The second-order valence-corrected chi connectivity index (χ2v) is 3.70. The minimum atomic E-state index is 0.491. The molecule has 0 atom stereocenters. The third-order valence-corrected chi connectivity index (χ3v) is 2.37. The van der Waals surface area contributed by atoms with Crippen LogP contribution in [0, 0.1) is 6.92 Å². The molecule has 0 radical (unpaired) electrons. The predicted molar refractivity (Wildman–Crippen MR) is 56.1 cm³/mol. The molecule has 5 heteroatoms. The van der Waals surface area contributed by atoms with Gasteiger partial charge in [0.25, 0.3) is 0 Å². The fraction of sp³-hybridized carbons (Fsp3) is 0.111. The third-order valence-electron chi connectivity index (χ3n) is 1.79. The second kappa shape index (κ2) is 3.59. The van der Waals surface area contributed by atoms with Gasteiger partial charge < -0.3 is 0 Å². The van der Waals surface area contributed by atoms with Crippen LogP contribution in [0.15, 0.2) is 24.7 Å². The van der Waals surface area contributed by atoms with Crippen molar-refractivity contribution in [2.45, 2.75) is 6.92 Å². The fourth-order valence-electron chi connectivity index (χ4n) is 1.10. The van der Waals surface area contributed by atoms with Crippen molar-refractivity contribution in [1.82, 2.24) is 14.8 Å². The Kier molecular flexibility index (Phi) is 2.44. The van der Waals surface area contributed by atoms with Crippen LogP contribution in [0.2, 0.25) is 10.2 Å². The first-order chi connectivity index (χ1) is 6.66. The van der Waals surface area contributed by atoms with Gasteiger partial charge in [0.15, 0.2) is 5.15 Å². The molecule has 72 valence electrons. The number of aryl methyl sites for hydroxylation is 1. The van der Waals surface area contributed by atoms with E-state index < -0.39 is 0 Å². The predicted octanol–water partition coefficient (Wildman–Crippen LogP) is 2.88. The maximum atomic E-state index is 5.83. The topological polar surface area (TPSA) is 30.7 Å². The zero-order valence-corrected chi connectivity index (χ0v) is 8.92. The minimum absolute atomic E-state index is 0.491. The SMILES string of the molecule is Cc1cn(-c2cncc(Cl)c2)nc1Cl. The van der Waals surface area contributed by atoms with Crippen LogP contribution in [0.1, 0.15) is 5.56 Å². The molecule has 0 amide bonds. The van der Waals surface area contributed by atoms with E-state index in [4.69, 9.17) is 23.2 Å². The van der Waals surface area contributed by atoms with Crippen molar-refractivity contribution < 1.29 is 0 Å². The van der Waals surface area contributed by atoms with Crippen LogP contribution in [0.4, 0.5) is 0 Å². The highest BCUT2D eigenvalue weighted by Crippen LogP contribution is 2.17. The number of aromatic nitrogens is 3. The van der Waals surface area contributed by atoms with E-state index in [1.54, 1.807) is 23.1 Å². The Balaban J connectivity index is 2.49. The molecule has 2 aromatic rings. The summed E-state index contributed by atoms with van der Waals surface area (Å²) in [5.74, 6) is 0. The van der Waals surface area contributed by atoms with Gasteiger partial charge in [-0.05, 0) is 13.0 Å². The zero-order valence-electron chi connectivity index (χ0n) is 7.41. The Morgan fingerprint density at radius 2 is 2.07 bits per heavy atom. The molecule has 0 aromatic carbocycles. The molecule has 0 bridgehead atoms. The van der Waals surface area contributed by atoms with Gasteiger partial charge in [0.2, 0.25) is 0 Å². The summed E-state index contributed by atoms with van der Waals surface area (Å²) < 4.78 is 1.65. The molecule has 0 fully saturated rings. The lowest BCUT2D eigenvalue weighted by Gasteiger charge is -1.99. The summed E-state index contributed by atoms with van der Waals surface area (Å²) in [5.41, 5.74) is 1.72. The first-order valence-corrected chi connectivity index (χ1v) is 4.75. The van der Waals surface area contributed by atoms with Crippen LogP contribution < -0.4 is 0 Å². The lowest BCUT2D eigenvalue weighted by Crippen LogP contribution is -1.94. The van der Waals surface area contributed by atoms with E-state index in [2.05, 4.69) is 10.1 Å². The molecule has 2 rings (SSSR count). The van der Waals surface area contributed by atoms with Crippen LogP contribution >= 0.6 is 23.2 Å². The maximum absolute atomic E-state index is 5.83. The van der Waals surface area contributed by atoms with E-state index in [0.717, 1.165) is 11.3 Å². The maximum Gasteiger partial charge on any atom is 0.154 e. The molecule has 0 aliphatic rings. The van der Waals surface area contributed by atoms with E-state index in [1.807, 2.05) is 13.1 Å². The Morgan fingerprint density at radius 1 is 1.29 bits per heavy atom. The number of hydrogen-bond acceptors (Lipinski definition) is 2. The molecule has 0 unspecified atom stereocenters. The van der Waals surface area contributed by atoms with Gasteiger partial charge >= 0.3 is 0 Å². The molecule has 0 aliphatic heterocycles. The van der Waals surface area contributed by atoms with Crippen molar-refractivity contribution in [3.05, 3.63) is 40.4 Å². The molecule has 2 aromatic heterocycles. The molecule has 0 aliphatic carbocycles. The Bertz CT molecular complexity index is 445. The zero-order chi connectivity index (χ0) is 10.1. The first kappa shape index (κ1) is 9.49. The van der Waals surface area contributed by atoms with Gasteiger partial charge in [-0.15, -0.1) is 0 Å². The third kappa shape index (κ3) is 1.74. The molecule has 0 N–H and O–H groups in total. The number of nitrogens with zero attached hydrogens (tertiary/aromatic N) is 3. The molecule has 0 spiro atoms. The summed E-state index contributed by atoms with van der Waals surface area (Å²) in [4.78, 5) is 3.96. The van der Waals surface area contributed by atoms with E-state index in [0.29, 0.717) is 10.2 Å². The summed E-state index contributed by atoms with van der Waals surface area (Å²) in [6.45, 7) is 1.89. The summed E-state index contributed by atoms with van der Waals surface area (Å²) in [7, 11) is 0. The van der Waals surface area contributed by atoms with Crippen molar-refractivity contribution in [2.75, 3.05) is 0 Å².